The first kappa shape index (κ1) is 19.0. The van der Waals surface area contributed by atoms with Crippen molar-refractivity contribution in [2.75, 3.05) is 49.1 Å². The number of anilines is 2. The molecule has 0 amide bonds. The van der Waals surface area contributed by atoms with Crippen LogP contribution in [0.15, 0.2) is 36.4 Å². The highest BCUT2D eigenvalue weighted by Crippen LogP contribution is 2.29. The summed E-state index contributed by atoms with van der Waals surface area (Å²) in [6, 6.07) is 10.0. The molecule has 0 radical (unpaired) electrons. The zero-order chi connectivity index (χ0) is 20.9. The molecule has 0 atom stereocenters. The van der Waals surface area contributed by atoms with Crippen molar-refractivity contribution >= 4 is 17.2 Å². The van der Waals surface area contributed by atoms with Gasteiger partial charge in [-0.25, -0.2) is 4.39 Å². The third kappa shape index (κ3) is 3.42. The first-order valence-electron chi connectivity index (χ1n) is 9.68. The number of benzene rings is 1. The number of alkyl halides is 3. The predicted octanol–water partition coefficient (Wildman–Crippen LogP) is 2.29. The van der Waals surface area contributed by atoms with E-state index in [0.29, 0.717) is 24.9 Å². The van der Waals surface area contributed by atoms with Gasteiger partial charge in [0.2, 0.25) is 0 Å². The first-order valence-corrected chi connectivity index (χ1v) is 9.68. The van der Waals surface area contributed by atoms with E-state index in [2.05, 4.69) is 25.1 Å². The van der Waals surface area contributed by atoms with Crippen molar-refractivity contribution in [3.05, 3.63) is 48.0 Å². The second-order valence-electron chi connectivity index (χ2n) is 7.54. The Bertz CT molecular complexity index is 1040. The Morgan fingerprint density at radius 1 is 0.833 bits per heavy atom. The predicted molar refractivity (Wildman–Crippen MR) is 102 cm³/mol. The molecule has 2 fully saturated rings. The van der Waals surface area contributed by atoms with E-state index < -0.39 is 12.0 Å². The molecule has 2 saturated heterocycles. The molecular formula is C19H19F4N7. The van der Waals surface area contributed by atoms with Crippen LogP contribution < -0.4 is 9.80 Å². The van der Waals surface area contributed by atoms with E-state index in [1.165, 1.54) is 18.2 Å². The number of piperazine rings is 1. The zero-order valence-electron chi connectivity index (χ0n) is 15.9. The highest BCUT2D eigenvalue weighted by atomic mass is 19.4. The topological polar surface area (TPSA) is 52.8 Å². The van der Waals surface area contributed by atoms with Gasteiger partial charge in [0, 0.05) is 51.0 Å². The van der Waals surface area contributed by atoms with Gasteiger partial charge in [-0.2, -0.15) is 17.7 Å². The molecule has 11 heteroatoms. The van der Waals surface area contributed by atoms with Gasteiger partial charge in [-0.05, 0) is 36.4 Å². The van der Waals surface area contributed by atoms with Crippen molar-refractivity contribution in [1.29, 1.82) is 0 Å². The Morgan fingerprint density at radius 3 is 2.20 bits per heavy atom. The Balaban J connectivity index is 1.20. The summed E-state index contributed by atoms with van der Waals surface area (Å²) in [6.07, 6.45) is -4.60. The molecule has 7 nitrogen and oxygen atoms in total. The fraction of sp³-hybridized carbons (Fsp3) is 0.421. The third-order valence-electron chi connectivity index (χ3n) is 5.71. The Hall–Kier alpha value is -2.95. The summed E-state index contributed by atoms with van der Waals surface area (Å²) in [4.78, 5) is 6.57. The molecule has 1 aromatic carbocycles. The lowest BCUT2D eigenvalue weighted by molar-refractivity contribution is -0.146. The van der Waals surface area contributed by atoms with Gasteiger partial charge in [-0.15, -0.1) is 15.3 Å². The van der Waals surface area contributed by atoms with Gasteiger partial charge in [-0.1, -0.05) is 0 Å². The van der Waals surface area contributed by atoms with Crippen LogP contribution in [0.1, 0.15) is 5.82 Å². The van der Waals surface area contributed by atoms with E-state index in [0.717, 1.165) is 36.4 Å². The highest BCUT2D eigenvalue weighted by Gasteiger charge is 2.39. The normalized spacial score (nSPS) is 18.8. The molecule has 0 N–H and O–H groups in total. The summed E-state index contributed by atoms with van der Waals surface area (Å²) in [5, 5.41) is 10.8. The van der Waals surface area contributed by atoms with Crippen molar-refractivity contribution in [2.24, 2.45) is 0 Å². The van der Waals surface area contributed by atoms with Crippen molar-refractivity contribution in [1.82, 2.24) is 24.7 Å². The van der Waals surface area contributed by atoms with Crippen LogP contribution in [0, 0.1) is 5.82 Å². The second-order valence-corrected chi connectivity index (χ2v) is 7.54. The monoisotopic (exact) mass is 421 g/mol. The molecule has 5 rings (SSSR count). The summed E-state index contributed by atoms with van der Waals surface area (Å²) in [7, 11) is 0. The fourth-order valence-electron chi connectivity index (χ4n) is 4.00. The number of aromatic nitrogens is 4. The number of nitrogens with zero attached hydrogens (tertiary/aromatic N) is 7. The van der Waals surface area contributed by atoms with E-state index in [1.807, 2.05) is 4.90 Å². The Kier molecular flexibility index (Phi) is 4.49. The van der Waals surface area contributed by atoms with Crippen molar-refractivity contribution < 1.29 is 17.6 Å². The smallest absolute Gasteiger partial charge is 0.369 e. The lowest BCUT2D eigenvalue weighted by Crippen LogP contribution is -2.63. The molecule has 0 spiro atoms. The average Bonchev–Trinajstić information content (AvgIpc) is 3.12. The van der Waals surface area contributed by atoms with E-state index in [1.54, 1.807) is 18.2 Å². The van der Waals surface area contributed by atoms with Crippen LogP contribution >= 0.6 is 0 Å². The quantitative estimate of drug-likeness (QED) is 0.605. The van der Waals surface area contributed by atoms with Gasteiger partial charge in [0.25, 0.3) is 5.82 Å². The fourth-order valence-corrected chi connectivity index (χ4v) is 4.00. The highest BCUT2D eigenvalue weighted by molar-refractivity contribution is 5.49. The van der Waals surface area contributed by atoms with Crippen LogP contribution in [-0.4, -0.2) is 70.0 Å². The van der Waals surface area contributed by atoms with Gasteiger partial charge < -0.3 is 9.80 Å². The van der Waals surface area contributed by atoms with Crippen LogP contribution in [0.2, 0.25) is 0 Å². The van der Waals surface area contributed by atoms with Gasteiger partial charge in [0.1, 0.15) is 11.6 Å². The molecule has 0 bridgehead atoms. The van der Waals surface area contributed by atoms with Gasteiger partial charge in [0.15, 0.2) is 5.65 Å². The number of hydrogen-bond acceptors (Lipinski definition) is 6. The van der Waals surface area contributed by atoms with Crippen molar-refractivity contribution in [2.45, 2.75) is 12.2 Å². The van der Waals surface area contributed by atoms with Crippen molar-refractivity contribution in [3.8, 4) is 0 Å². The molecule has 0 unspecified atom stereocenters. The summed E-state index contributed by atoms with van der Waals surface area (Å²) in [6.45, 7) is 4.87. The first-order chi connectivity index (χ1) is 14.4. The van der Waals surface area contributed by atoms with Crippen LogP contribution in [-0.2, 0) is 6.18 Å². The number of halogens is 4. The van der Waals surface area contributed by atoms with E-state index >= 15 is 0 Å². The largest absolute Gasteiger partial charge is 0.453 e. The van der Waals surface area contributed by atoms with Crippen LogP contribution in [0.4, 0.5) is 29.1 Å². The minimum Gasteiger partial charge on any atom is -0.369 e. The lowest BCUT2D eigenvalue weighted by Gasteiger charge is -2.48. The summed E-state index contributed by atoms with van der Waals surface area (Å²) in [5.41, 5.74) is 1.08. The molecule has 2 aliphatic rings. The maximum absolute atomic E-state index is 13.1. The van der Waals surface area contributed by atoms with Crippen LogP contribution in [0.5, 0.6) is 0 Å². The maximum atomic E-state index is 13.1. The standard InChI is InChI=1S/C19H19F4N7/c20-13-1-3-14(4-2-13)27-7-9-28(10-8-27)15-11-29(12-15)17-6-5-16-24-25-18(19(21,22)23)30(16)26-17/h1-6,15H,7-12H2. The summed E-state index contributed by atoms with van der Waals surface area (Å²) < 4.78 is 53.0. The molecule has 30 heavy (non-hydrogen) atoms. The number of rotatable bonds is 3. The van der Waals surface area contributed by atoms with Gasteiger partial charge >= 0.3 is 6.18 Å². The number of hydrogen-bond donors (Lipinski definition) is 0. The molecule has 4 heterocycles. The van der Waals surface area contributed by atoms with Crippen LogP contribution in [0.3, 0.4) is 0 Å². The van der Waals surface area contributed by atoms with Gasteiger partial charge in [0.05, 0.1) is 0 Å². The molecule has 0 aliphatic carbocycles. The number of fused-ring (bicyclic) bond motifs is 1. The molecule has 3 aromatic rings. The molecule has 2 aliphatic heterocycles. The Morgan fingerprint density at radius 2 is 1.53 bits per heavy atom. The molecule has 158 valence electrons. The molecule has 2 aromatic heterocycles. The minimum atomic E-state index is -4.60. The van der Waals surface area contributed by atoms with E-state index in [4.69, 9.17) is 0 Å². The van der Waals surface area contributed by atoms with Crippen molar-refractivity contribution in [3.63, 3.8) is 0 Å². The third-order valence-corrected chi connectivity index (χ3v) is 5.71. The lowest BCUT2D eigenvalue weighted by atomic mass is 10.1. The van der Waals surface area contributed by atoms with E-state index in [-0.39, 0.29) is 11.5 Å². The summed E-state index contributed by atoms with van der Waals surface area (Å²) >= 11 is 0. The SMILES string of the molecule is Fc1ccc(N2CCN(C3CN(c4ccc5nnc(C(F)(F)F)n5n4)C3)CC2)cc1. The van der Waals surface area contributed by atoms with Crippen LogP contribution in [0.25, 0.3) is 5.65 Å². The Labute approximate surface area is 169 Å². The van der Waals surface area contributed by atoms with E-state index in [9.17, 15) is 17.6 Å². The maximum Gasteiger partial charge on any atom is 0.453 e. The van der Waals surface area contributed by atoms with Gasteiger partial charge in [-0.3, -0.25) is 4.90 Å². The average molecular weight is 421 g/mol. The zero-order valence-corrected chi connectivity index (χ0v) is 15.9. The minimum absolute atomic E-state index is 0.0695. The second kappa shape index (κ2) is 7.08. The summed E-state index contributed by atoms with van der Waals surface area (Å²) in [5.74, 6) is -0.880. The molecule has 0 saturated carbocycles. The molecular weight excluding hydrogens is 402 g/mol.